The molecular weight excluding hydrogens is 332 g/mol. The van der Waals surface area contributed by atoms with Gasteiger partial charge in [0.1, 0.15) is 0 Å². The van der Waals surface area contributed by atoms with Crippen LogP contribution in [0, 0.1) is 0 Å². The van der Waals surface area contributed by atoms with E-state index < -0.39 is 0 Å². The highest BCUT2D eigenvalue weighted by molar-refractivity contribution is 5.15. The van der Waals surface area contributed by atoms with Gasteiger partial charge in [0.2, 0.25) is 0 Å². The number of piperidine rings is 1. The molecule has 150 valence electrons. The van der Waals surface area contributed by atoms with Crippen LogP contribution >= 0.6 is 0 Å². The quantitative estimate of drug-likeness (QED) is 0.710. The molecule has 0 radical (unpaired) electrons. The molecule has 1 aromatic rings. The molecule has 3 atom stereocenters. The van der Waals surface area contributed by atoms with E-state index in [1.807, 2.05) is 0 Å². The average molecular weight is 371 g/mol. The van der Waals surface area contributed by atoms with Crippen LogP contribution in [0.25, 0.3) is 0 Å². The highest BCUT2D eigenvalue weighted by Gasteiger charge is 2.40. The summed E-state index contributed by atoms with van der Waals surface area (Å²) in [5, 5.41) is 3.90. The second kappa shape index (κ2) is 9.51. The summed E-state index contributed by atoms with van der Waals surface area (Å²) in [6.07, 6.45) is 8.17. The van der Waals surface area contributed by atoms with Crippen molar-refractivity contribution in [3.8, 4) is 0 Å². The molecule has 27 heavy (non-hydrogen) atoms. The number of likely N-dealkylation sites (N-methyl/N-ethyl adjacent to an activating group) is 1. The van der Waals surface area contributed by atoms with E-state index in [2.05, 4.69) is 57.4 Å². The second-order valence-electron chi connectivity index (χ2n) is 9.02. The zero-order chi connectivity index (χ0) is 18.5. The lowest BCUT2D eigenvalue weighted by molar-refractivity contribution is 0.109. The van der Waals surface area contributed by atoms with Crippen LogP contribution in [-0.2, 0) is 6.54 Å². The molecule has 0 aromatic heterocycles. The summed E-state index contributed by atoms with van der Waals surface area (Å²) < 4.78 is 0. The van der Waals surface area contributed by atoms with E-state index >= 15 is 0 Å². The van der Waals surface area contributed by atoms with E-state index in [1.54, 1.807) is 0 Å². The second-order valence-corrected chi connectivity index (χ2v) is 9.02. The highest BCUT2D eigenvalue weighted by Crippen LogP contribution is 2.36. The molecule has 3 fully saturated rings. The van der Waals surface area contributed by atoms with E-state index in [0.29, 0.717) is 0 Å². The number of hydrogen-bond donors (Lipinski definition) is 1. The van der Waals surface area contributed by atoms with Crippen molar-refractivity contribution in [1.29, 1.82) is 0 Å². The zero-order valence-electron chi connectivity index (χ0n) is 17.2. The van der Waals surface area contributed by atoms with Gasteiger partial charge in [-0.15, -0.1) is 0 Å². The summed E-state index contributed by atoms with van der Waals surface area (Å²) in [7, 11) is 2.24. The molecule has 0 saturated carbocycles. The van der Waals surface area contributed by atoms with Gasteiger partial charge < -0.3 is 15.1 Å². The molecule has 3 aliphatic heterocycles. The van der Waals surface area contributed by atoms with Crippen LogP contribution in [0.2, 0.25) is 0 Å². The number of nitrogens with one attached hydrogen (secondary N) is 1. The first kappa shape index (κ1) is 19.4. The van der Waals surface area contributed by atoms with Crippen molar-refractivity contribution in [1.82, 2.24) is 20.0 Å². The SMILES string of the molecule is CN1CCN(CCCCNC2C[C@H]3CC[C@@H](C2)N3Cc2ccccc2)CC1. The van der Waals surface area contributed by atoms with Crippen molar-refractivity contribution < 1.29 is 0 Å². The number of benzene rings is 1. The largest absolute Gasteiger partial charge is 0.314 e. The summed E-state index contributed by atoms with van der Waals surface area (Å²) in [4.78, 5) is 7.87. The van der Waals surface area contributed by atoms with Gasteiger partial charge in [0, 0.05) is 50.8 Å². The van der Waals surface area contributed by atoms with Gasteiger partial charge in [-0.3, -0.25) is 4.90 Å². The lowest BCUT2D eigenvalue weighted by atomic mass is 9.96. The minimum absolute atomic E-state index is 0.748. The predicted molar refractivity (Wildman–Crippen MR) is 113 cm³/mol. The number of piperazine rings is 1. The van der Waals surface area contributed by atoms with Gasteiger partial charge >= 0.3 is 0 Å². The molecule has 3 aliphatic rings. The smallest absolute Gasteiger partial charge is 0.0239 e. The van der Waals surface area contributed by atoms with Crippen molar-refractivity contribution in [3.05, 3.63) is 35.9 Å². The molecule has 0 spiro atoms. The average Bonchev–Trinajstić information content (AvgIpc) is 2.92. The molecule has 1 unspecified atom stereocenters. The van der Waals surface area contributed by atoms with E-state index in [4.69, 9.17) is 0 Å². The van der Waals surface area contributed by atoms with Crippen LogP contribution in [0.4, 0.5) is 0 Å². The molecule has 1 N–H and O–H groups in total. The minimum Gasteiger partial charge on any atom is -0.314 e. The lowest BCUT2D eigenvalue weighted by Gasteiger charge is -2.39. The van der Waals surface area contributed by atoms with Crippen molar-refractivity contribution in [2.45, 2.75) is 63.2 Å². The molecular formula is C23H38N4. The third kappa shape index (κ3) is 5.32. The topological polar surface area (TPSA) is 21.8 Å². The Balaban J connectivity index is 1.13. The van der Waals surface area contributed by atoms with E-state index in [1.165, 1.54) is 83.4 Å². The Morgan fingerprint density at radius 3 is 2.33 bits per heavy atom. The molecule has 3 heterocycles. The van der Waals surface area contributed by atoms with Crippen molar-refractivity contribution in [3.63, 3.8) is 0 Å². The van der Waals surface area contributed by atoms with Crippen LogP contribution in [0.3, 0.4) is 0 Å². The zero-order valence-corrected chi connectivity index (χ0v) is 17.2. The third-order valence-corrected chi connectivity index (χ3v) is 7.02. The van der Waals surface area contributed by atoms with Gasteiger partial charge in [-0.1, -0.05) is 30.3 Å². The Labute approximate surface area is 165 Å². The Bertz CT molecular complexity index is 541. The van der Waals surface area contributed by atoms with Crippen molar-refractivity contribution in [2.75, 3.05) is 46.3 Å². The Morgan fingerprint density at radius 1 is 0.926 bits per heavy atom. The van der Waals surface area contributed by atoms with Crippen LogP contribution in [0.5, 0.6) is 0 Å². The summed E-state index contributed by atoms with van der Waals surface area (Å²) in [6.45, 7) is 8.63. The summed E-state index contributed by atoms with van der Waals surface area (Å²) in [6, 6.07) is 13.4. The first-order valence-electron chi connectivity index (χ1n) is 11.2. The van der Waals surface area contributed by atoms with Crippen LogP contribution < -0.4 is 5.32 Å². The fourth-order valence-electron chi connectivity index (χ4n) is 5.33. The number of nitrogens with zero attached hydrogens (tertiary/aromatic N) is 3. The first-order chi connectivity index (χ1) is 13.3. The van der Waals surface area contributed by atoms with Gasteiger partial charge in [-0.05, 0) is 64.2 Å². The number of hydrogen-bond acceptors (Lipinski definition) is 4. The normalized spacial score (nSPS) is 30.0. The van der Waals surface area contributed by atoms with Gasteiger partial charge in [0.05, 0.1) is 0 Å². The molecule has 4 nitrogen and oxygen atoms in total. The number of fused-ring (bicyclic) bond motifs is 2. The fourth-order valence-corrected chi connectivity index (χ4v) is 5.33. The Morgan fingerprint density at radius 2 is 1.63 bits per heavy atom. The molecule has 2 bridgehead atoms. The maximum Gasteiger partial charge on any atom is 0.0239 e. The van der Waals surface area contributed by atoms with Crippen molar-refractivity contribution >= 4 is 0 Å². The molecule has 0 amide bonds. The minimum atomic E-state index is 0.748. The Hall–Kier alpha value is -0.940. The Kier molecular flexibility index (Phi) is 6.82. The summed E-state index contributed by atoms with van der Waals surface area (Å²) in [5.74, 6) is 0. The monoisotopic (exact) mass is 370 g/mol. The fraction of sp³-hybridized carbons (Fsp3) is 0.739. The highest BCUT2D eigenvalue weighted by atomic mass is 15.2. The molecule has 0 aliphatic carbocycles. The van der Waals surface area contributed by atoms with Crippen molar-refractivity contribution in [2.24, 2.45) is 0 Å². The van der Waals surface area contributed by atoms with Crippen LogP contribution in [0.1, 0.15) is 44.1 Å². The van der Waals surface area contributed by atoms with Gasteiger partial charge in [0.25, 0.3) is 0 Å². The third-order valence-electron chi connectivity index (χ3n) is 7.02. The molecule has 1 aromatic carbocycles. The van der Waals surface area contributed by atoms with E-state index in [0.717, 1.165) is 24.7 Å². The number of rotatable bonds is 8. The molecule has 3 saturated heterocycles. The predicted octanol–water partition coefficient (Wildman–Crippen LogP) is 2.80. The first-order valence-corrected chi connectivity index (χ1v) is 11.2. The summed E-state index contributed by atoms with van der Waals surface area (Å²) in [5.41, 5.74) is 1.48. The maximum atomic E-state index is 3.90. The van der Waals surface area contributed by atoms with Crippen LogP contribution in [0.15, 0.2) is 30.3 Å². The van der Waals surface area contributed by atoms with E-state index in [9.17, 15) is 0 Å². The number of unbranched alkanes of at least 4 members (excludes halogenated alkanes) is 1. The van der Waals surface area contributed by atoms with Gasteiger partial charge in [-0.2, -0.15) is 0 Å². The maximum absolute atomic E-state index is 3.90. The molecule has 4 rings (SSSR count). The van der Waals surface area contributed by atoms with Gasteiger partial charge in [0.15, 0.2) is 0 Å². The standard InChI is InChI=1S/C23H38N4/c1-25-13-15-26(16-14-25)12-6-5-11-24-21-17-22-9-10-23(18-21)27(22)19-20-7-3-2-4-8-20/h2-4,7-8,21-24H,5-6,9-19H2,1H3/t21?,22-,23+. The lowest BCUT2D eigenvalue weighted by Crippen LogP contribution is -2.48. The van der Waals surface area contributed by atoms with Crippen LogP contribution in [-0.4, -0.2) is 79.1 Å². The molecule has 4 heteroatoms. The van der Waals surface area contributed by atoms with E-state index in [-0.39, 0.29) is 0 Å². The van der Waals surface area contributed by atoms with Gasteiger partial charge in [-0.25, -0.2) is 0 Å². The summed E-state index contributed by atoms with van der Waals surface area (Å²) >= 11 is 0.